The molecule has 0 aliphatic carbocycles. The van der Waals surface area contributed by atoms with Crippen molar-refractivity contribution in [3.8, 4) is 5.69 Å². The highest BCUT2D eigenvalue weighted by Crippen LogP contribution is 2.24. The van der Waals surface area contributed by atoms with Gasteiger partial charge in [0.1, 0.15) is 0 Å². The Morgan fingerprint density at radius 1 is 1.07 bits per heavy atom. The Morgan fingerprint density at radius 2 is 1.86 bits per heavy atom. The fourth-order valence-corrected chi connectivity index (χ4v) is 3.59. The average Bonchev–Trinajstić information content (AvgIpc) is 3.28. The van der Waals surface area contributed by atoms with Crippen molar-refractivity contribution in [1.82, 2.24) is 24.9 Å². The summed E-state index contributed by atoms with van der Waals surface area (Å²) in [4.78, 5) is 17.1. The van der Waals surface area contributed by atoms with E-state index in [2.05, 4.69) is 34.5 Å². The maximum atomic E-state index is 12.9. The number of nitrogens with one attached hydrogen (secondary N) is 1. The number of urea groups is 1. The maximum Gasteiger partial charge on any atom is 0.318 e. The van der Waals surface area contributed by atoms with E-state index in [1.165, 1.54) is 5.56 Å². The number of carbonyl (C=O) groups is 1. The number of hydrogen-bond donors (Lipinski definition) is 1. The Balaban J connectivity index is 1.41. The average molecular weight is 375 g/mol. The largest absolute Gasteiger partial charge is 0.334 e. The summed E-state index contributed by atoms with van der Waals surface area (Å²) < 4.78 is 1.82. The Morgan fingerprint density at radius 3 is 2.57 bits per heavy atom. The first-order valence-corrected chi connectivity index (χ1v) is 9.57. The van der Waals surface area contributed by atoms with Gasteiger partial charge in [-0.2, -0.15) is 5.10 Å². The number of aromatic nitrogens is 2. The zero-order valence-corrected chi connectivity index (χ0v) is 16.0. The lowest BCUT2D eigenvalue weighted by Crippen LogP contribution is -2.52. The smallest absolute Gasteiger partial charge is 0.318 e. The Hall–Kier alpha value is -3.12. The highest BCUT2D eigenvalue weighted by molar-refractivity contribution is 5.75. The number of likely N-dealkylation sites (N-methyl/N-ethyl adjacent to an activating group) is 1. The van der Waals surface area contributed by atoms with E-state index in [4.69, 9.17) is 0 Å². The van der Waals surface area contributed by atoms with Gasteiger partial charge in [-0.1, -0.05) is 42.5 Å². The van der Waals surface area contributed by atoms with Crippen LogP contribution in [0.4, 0.5) is 4.79 Å². The van der Waals surface area contributed by atoms with Gasteiger partial charge < -0.3 is 15.1 Å². The van der Waals surface area contributed by atoms with Gasteiger partial charge in [0.15, 0.2) is 0 Å². The highest BCUT2D eigenvalue weighted by Gasteiger charge is 2.29. The molecule has 1 saturated heterocycles. The van der Waals surface area contributed by atoms with Crippen molar-refractivity contribution in [2.75, 3.05) is 26.7 Å². The van der Waals surface area contributed by atoms with E-state index in [0.29, 0.717) is 6.54 Å². The molecule has 1 atom stereocenters. The van der Waals surface area contributed by atoms with Crippen LogP contribution in [0.2, 0.25) is 0 Å². The highest BCUT2D eigenvalue weighted by atomic mass is 16.2. The molecule has 0 bridgehead atoms. The van der Waals surface area contributed by atoms with Crippen molar-refractivity contribution in [2.24, 2.45) is 0 Å². The van der Waals surface area contributed by atoms with Crippen LogP contribution in [0.1, 0.15) is 17.2 Å². The molecule has 3 aromatic rings. The van der Waals surface area contributed by atoms with Crippen molar-refractivity contribution in [1.29, 1.82) is 0 Å². The molecule has 0 spiro atoms. The third-order valence-electron chi connectivity index (χ3n) is 5.18. The van der Waals surface area contributed by atoms with Crippen molar-refractivity contribution in [3.05, 3.63) is 84.2 Å². The van der Waals surface area contributed by atoms with E-state index in [-0.39, 0.29) is 12.1 Å². The van der Waals surface area contributed by atoms with Gasteiger partial charge in [0, 0.05) is 38.6 Å². The first-order valence-electron chi connectivity index (χ1n) is 9.57. The number of benzene rings is 2. The molecule has 144 valence electrons. The molecule has 6 heteroatoms. The van der Waals surface area contributed by atoms with Crippen LogP contribution >= 0.6 is 0 Å². The summed E-state index contributed by atoms with van der Waals surface area (Å²) in [5, 5.41) is 7.31. The Bertz CT molecular complexity index is 892. The van der Waals surface area contributed by atoms with Gasteiger partial charge in [0.05, 0.1) is 11.7 Å². The van der Waals surface area contributed by atoms with Crippen LogP contribution in [-0.4, -0.2) is 52.3 Å². The second kappa shape index (κ2) is 8.27. The molecule has 6 nitrogen and oxygen atoms in total. The lowest BCUT2D eigenvalue weighted by atomic mass is 10.0. The normalized spacial score (nSPS) is 17.5. The van der Waals surface area contributed by atoms with Crippen LogP contribution in [0.25, 0.3) is 5.69 Å². The summed E-state index contributed by atoms with van der Waals surface area (Å²) in [6.45, 7) is 2.96. The van der Waals surface area contributed by atoms with Crippen molar-refractivity contribution >= 4 is 6.03 Å². The minimum atomic E-state index is -0.0156. The molecule has 2 heterocycles. The summed E-state index contributed by atoms with van der Waals surface area (Å²) in [5.41, 5.74) is 3.24. The summed E-state index contributed by atoms with van der Waals surface area (Å²) in [6, 6.07) is 20.3. The first kappa shape index (κ1) is 18.3. The summed E-state index contributed by atoms with van der Waals surface area (Å²) >= 11 is 0. The topological polar surface area (TPSA) is 53.4 Å². The molecule has 1 unspecified atom stereocenters. The predicted octanol–water partition coefficient (Wildman–Crippen LogP) is 3.07. The van der Waals surface area contributed by atoms with Crippen LogP contribution in [-0.2, 0) is 6.54 Å². The molecule has 1 fully saturated rings. The van der Waals surface area contributed by atoms with Gasteiger partial charge in [-0.3, -0.25) is 0 Å². The molecule has 1 aliphatic rings. The summed E-state index contributed by atoms with van der Waals surface area (Å²) in [6.07, 6.45) is 3.67. The zero-order valence-electron chi connectivity index (χ0n) is 16.0. The standard InChI is InChI=1S/C22H25N5O/c1-25-14-15-26(21(17-25)19-6-3-2-4-7-19)22(28)23-16-18-8-10-20(11-9-18)27-13-5-12-24-27/h2-13,21H,14-17H2,1H3,(H,23,28). The molecule has 0 saturated carbocycles. The summed E-state index contributed by atoms with van der Waals surface area (Å²) in [5.74, 6) is 0. The Kier molecular flexibility index (Phi) is 5.39. The molecule has 1 aromatic heterocycles. The number of hydrogen-bond acceptors (Lipinski definition) is 3. The zero-order chi connectivity index (χ0) is 19.3. The van der Waals surface area contributed by atoms with E-state index in [1.54, 1.807) is 6.20 Å². The number of carbonyl (C=O) groups excluding carboxylic acids is 1. The molecular formula is C22H25N5O. The van der Waals surface area contributed by atoms with Gasteiger partial charge in [-0.05, 0) is 36.4 Å². The van der Waals surface area contributed by atoms with E-state index in [9.17, 15) is 4.79 Å². The number of piperazine rings is 1. The Labute approximate surface area is 165 Å². The molecule has 28 heavy (non-hydrogen) atoms. The fraction of sp³-hybridized carbons (Fsp3) is 0.273. The van der Waals surface area contributed by atoms with Gasteiger partial charge >= 0.3 is 6.03 Å². The van der Waals surface area contributed by atoms with Gasteiger partial charge in [0.2, 0.25) is 0 Å². The second-order valence-electron chi connectivity index (χ2n) is 7.16. The SMILES string of the molecule is CN1CCN(C(=O)NCc2ccc(-n3cccn3)cc2)C(c2ccccc2)C1. The molecule has 4 rings (SSSR count). The van der Waals surface area contributed by atoms with Gasteiger partial charge in [-0.25, -0.2) is 9.48 Å². The number of amides is 2. The minimum absolute atomic E-state index is 0.0156. The fourth-order valence-electron chi connectivity index (χ4n) is 3.59. The minimum Gasteiger partial charge on any atom is -0.334 e. The van der Waals surface area contributed by atoms with Crippen LogP contribution < -0.4 is 5.32 Å². The molecule has 1 aliphatic heterocycles. The van der Waals surface area contributed by atoms with Crippen LogP contribution in [0, 0.1) is 0 Å². The van der Waals surface area contributed by atoms with Crippen LogP contribution in [0.3, 0.4) is 0 Å². The third-order valence-corrected chi connectivity index (χ3v) is 5.18. The lowest BCUT2D eigenvalue weighted by Gasteiger charge is -2.40. The van der Waals surface area contributed by atoms with Gasteiger partial charge in [-0.15, -0.1) is 0 Å². The quantitative estimate of drug-likeness (QED) is 0.763. The van der Waals surface area contributed by atoms with E-state index < -0.39 is 0 Å². The van der Waals surface area contributed by atoms with E-state index in [1.807, 2.05) is 64.3 Å². The third kappa shape index (κ3) is 4.07. The molecule has 2 aromatic carbocycles. The predicted molar refractivity (Wildman–Crippen MR) is 109 cm³/mol. The van der Waals surface area contributed by atoms with Crippen molar-refractivity contribution < 1.29 is 4.79 Å². The van der Waals surface area contributed by atoms with E-state index in [0.717, 1.165) is 30.9 Å². The number of rotatable bonds is 4. The number of nitrogens with zero attached hydrogens (tertiary/aromatic N) is 4. The maximum absolute atomic E-state index is 12.9. The van der Waals surface area contributed by atoms with Crippen molar-refractivity contribution in [3.63, 3.8) is 0 Å². The molecular weight excluding hydrogens is 350 g/mol. The van der Waals surface area contributed by atoms with Crippen LogP contribution in [0.5, 0.6) is 0 Å². The molecule has 2 amide bonds. The molecule has 0 radical (unpaired) electrons. The molecule has 1 N–H and O–H groups in total. The van der Waals surface area contributed by atoms with Gasteiger partial charge in [0.25, 0.3) is 0 Å². The van der Waals surface area contributed by atoms with E-state index >= 15 is 0 Å². The lowest BCUT2D eigenvalue weighted by molar-refractivity contribution is 0.108. The van der Waals surface area contributed by atoms with Crippen molar-refractivity contribution in [2.45, 2.75) is 12.6 Å². The second-order valence-corrected chi connectivity index (χ2v) is 7.16. The first-order chi connectivity index (χ1) is 13.7. The summed E-state index contributed by atoms with van der Waals surface area (Å²) in [7, 11) is 2.10. The monoisotopic (exact) mass is 375 g/mol. The van der Waals surface area contributed by atoms with Crippen LogP contribution in [0.15, 0.2) is 73.1 Å².